The number of carbonyl (C=O) groups excluding carboxylic acids is 1. The fourth-order valence-corrected chi connectivity index (χ4v) is 4.74. The first-order chi connectivity index (χ1) is 12.9. The molecule has 9 heteroatoms. The predicted octanol–water partition coefficient (Wildman–Crippen LogP) is 4.06. The molecule has 3 N–H and O–H groups in total. The Bertz CT molecular complexity index is 1040. The van der Waals surface area contributed by atoms with Gasteiger partial charge in [0.25, 0.3) is 0 Å². The monoisotopic (exact) mass is 408 g/mol. The molecule has 1 fully saturated rings. The lowest BCUT2D eigenvalue weighted by Gasteiger charge is -2.43. The van der Waals surface area contributed by atoms with Crippen molar-refractivity contribution in [2.45, 2.75) is 24.4 Å². The minimum absolute atomic E-state index is 0.187. The molecule has 1 aliphatic carbocycles. The van der Waals surface area contributed by atoms with Gasteiger partial charge in [0.05, 0.1) is 21.0 Å². The molecule has 2 aromatic heterocycles. The summed E-state index contributed by atoms with van der Waals surface area (Å²) in [5.41, 5.74) is 5.72. The third-order valence-electron chi connectivity index (χ3n) is 4.82. The lowest BCUT2D eigenvalue weighted by atomic mass is 9.65. The number of thiazole rings is 1. The topological polar surface area (TPSA) is 80.9 Å². The molecule has 3 aromatic rings. The number of aromatic nitrogens is 2. The predicted molar refractivity (Wildman–Crippen MR) is 102 cm³/mol. The fourth-order valence-electron chi connectivity index (χ4n) is 3.48. The van der Waals surface area contributed by atoms with Crippen molar-refractivity contribution in [1.29, 1.82) is 0 Å². The van der Waals surface area contributed by atoms with Gasteiger partial charge in [-0.1, -0.05) is 22.9 Å². The number of benzene rings is 1. The van der Waals surface area contributed by atoms with Crippen LogP contribution in [0.25, 0.3) is 10.2 Å². The smallest absolute Gasteiger partial charge is 0.250 e. The van der Waals surface area contributed by atoms with Crippen LogP contribution in [0.15, 0.2) is 30.5 Å². The van der Waals surface area contributed by atoms with Crippen molar-refractivity contribution in [3.8, 4) is 0 Å². The number of hydrogen-bond acceptors (Lipinski definition) is 5. The van der Waals surface area contributed by atoms with E-state index in [2.05, 4.69) is 15.3 Å². The van der Waals surface area contributed by atoms with Crippen molar-refractivity contribution >= 4 is 44.2 Å². The summed E-state index contributed by atoms with van der Waals surface area (Å²) in [4.78, 5) is 20.2. The summed E-state index contributed by atoms with van der Waals surface area (Å²) >= 11 is 7.39. The second-order valence-corrected chi connectivity index (χ2v) is 8.04. The Labute approximate surface area is 162 Å². The van der Waals surface area contributed by atoms with Gasteiger partial charge < -0.3 is 11.1 Å². The first-order valence-corrected chi connectivity index (χ1v) is 9.47. The zero-order chi connectivity index (χ0) is 19.2. The SMILES string of the molecule is NC(=O)c1ccc(Cl)c2nc(NCC3(c4ncccc4F)CC(F)C3)sc12. The normalized spacial score (nSPS) is 21.8. The maximum absolute atomic E-state index is 14.2. The van der Waals surface area contributed by atoms with E-state index < -0.39 is 23.3 Å². The number of anilines is 1. The lowest BCUT2D eigenvalue weighted by Crippen LogP contribution is -2.48. The van der Waals surface area contributed by atoms with E-state index in [4.69, 9.17) is 17.3 Å². The van der Waals surface area contributed by atoms with Crippen LogP contribution in [0.4, 0.5) is 13.9 Å². The van der Waals surface area contributed by atoms with Gasteiger partial charge >= 0.3 is 0 Å². The van der Waals surface area contributed by atoms with Gasteiger partial charge in [-0.25, -0.2) is 13.8 Å². The van der Waals surface area contributed by atoms with Crippen LogP contribution in [0.2, 0.25) is 5.02 Å². The summed E-state index contributed by atoms with van der Waals surface area (Å²) in [6.07, 6.45) is 0.889. The number of nitrogens with one attached hydrogen (secondary N) is 1. The van der Waals surface area contributed by atoms with Gasteiger partial charge in [-0.2, -0.15) is 0 Å². The van der Waals surface area contributed by atoms with Crippen LogP contribution < -0.4 is 11.1 Å². The molecule has 1 saturated carbocycles. The number of fused-ring (bicyclic) bond motifs is 1. The summed E-state index contributed by atoms with van der Waals surface area (Å²) in [5, 5.41) is 4.04. The summed E-state index contributed by atoms with van der Waals surface area (Å²) in [6.45, 7) is 0.269. The van der Waals surface area contributed by atoms with E-state index in [1.807, 2.05) is 0 Å². The van der Waals surface area contributed by atoms with Crippen molar-refractivity contribution < 1.29 is 13.6 Å². The Hall–Kier alpha value is -2.32. The van der Waals surface area contributed by atoms with Gasteiger partial charge in [0.1, 0.15) is 17.5 Å². The number of rotatable bonds is 5. The number of alkyl halides is 1. The highest BCUT2D eigenvalue weighted by Crippen LogP contribution is 2.46. The van der Waals surface area contributed by atoms with Crippen LogP contribution in [0.3, 0.4) is 0 Å². The van der Waals surface area contributed by atoms with Crippen LogP contribution in [-0.4, -0.2) is 28.6 Å². The molecule has 0 atom stereocenters. The number of halogens is 3. The van der Waals surface area contributed by atoms with E-state index in [9.17, 15) is 13.6 Å². The zero-order valence-electron chi connectivity index (χ0n) is 14.0. The second-order valence-electron chi connectivity index (χ2n) is 6.63. The third kappa shape index (κ3) is 3.12. The summed E-state index contributed by atoms with van der Waals surface area (Å²) < 4.78 is 28.5. The molecule has 0 saturated heterocycles. The Morgan fingerprint density at radius 3 is 2.85 bits per heavy atom. The summed E-state index contributed by atoms with van der Waals surface area (Å²) in [5.74, 6) is -1.02. The van der Waals surface area contributed by atoms with Crippen LogP contribution in [0, 0.1) is 5.82 Å². The maximum atomic E-state index is 14.2. The number of nitrogens with zero attached hydrogens (tertiary/aromatic N) is 2. The molecule has 1 aromatic carbocycles. The lowest BCUT2D eigenvalue weighted by molar-refractivity contribution is 0.0964. The quantitative estimate of drug-likeness (QED) is 0.667. The number of carbonyl (C=O) groups is 1. The molecular weight excluding hydrogens is 394 g/mol. The molecule has 0 bridgehead atoms. The molecular formula is C18H15ClF2N4OS. The Balaban J connectivity index is 1.64. The standard InChI is InChI=1S/C18H15ClF2N4OS/c19-11-4-3-10(16(22)26)14-13(11)25-17(27-14)24-8-18(6-9(20)7-18)15-12(21)2-1-5-23-15/h1-5,9H,6-8H2,(H2,22,26)(H,24,25). The van der Waals surface area contributed by atoms with Crippen molar-refractivity contribution in [3.63, 3.8) is 0 Å². The highest BCUT2D eigenvalue weighted by molar-refractivity contribution is 7.22. The van der Waals surface area contributed by atoms with E-state index in [0.717, 1.165) is 0 Å². The van der Waals surface area contributed by atoms with Crippen LogP contribution in [0.5, 0.6) is 0 Å². The Morgan fingerprint density at radius 1 is 1.41 bits per heavy atom. The third-order valence-corrected chi connectivity index (χ3v) is 6.17. The molecule has 2 heterocycles. The fraction of sp³-hybridized carbons (Fsp3) is 0.278. The largest absolute Gasteiger partial charge is 0.366 e. The van der Waals surface area contributed by atoms with Gasteiger partial charge in [-0.05, 0) is 37.1 Å². The average molecular weight is 409 g/mol. The molecule has 0 unspecified atom stereocenters. The molecule has 0 radical (unpaired) electrons. The summed E-state index contributed by atoms with van der Waals surface area (Å²) in [6, 6.07) is 5.95. The van der Waals surface area contributed by atoms with Crippen LogP contribution in [-0.2, 0) is 5.41 Å². The highest BCUT2D eigenvalue weighted by atomic mass is 35.5. The molecule has 4 rings (SSSR count). The van der Waals surface area contributed by atoms with E-state index in [1.165, 1.54) is 29.7 Å². The molecule has 0 spiro atoms. The van der Waals surface area contributed by atoms with E-state index in [0.29, 0.717) is 25.9 Å². The van der Waals surface area contributed by atoms with Crippen LogP contribution in [0.1, 0.15) is 28.9 Å². The summed E-state index contributed by atoms with van der Waals surface area (Å²) in [7, 11) is 0. The Morgan fingerprint density at radius 2 is 2.19 bits per heavy atom. The minimum Gasteiger partial charge on any atom is -0.366 e. The van der Waals surface area contributed by atoms with Gasteiger partial charge in [0.15, 0.2) is 5.13 Å². The first kappa shape index (κ1) is 18.1. The first-order valence-electron chi connectivity index (χ1n) is 8.27. The molecule has 5 nitrogen and oxygen atoms in total. The molecule has 140 valence electrons. The van der Waals surface area contributed by atoms with Gasteiger partial charge in [-0.3, -0.25) is 9.78 Å². The number of primary amides is 1. The molecule has 1 amide bonds. The number of hydrogen-bond donors (Lipinski definition) is 2. The van der Waals surface area contributed by atoms with Crippen molar-refractivity contribution in [3.05, 3.63) is 52.6 Å². The highest BCUT2D eigenvalue weighted by Gasteiger charge is 2.48. The van der Waals surface area contributed by atoms with Crippen molar-refractivity contribution in [2.75, 3.05) is 11.9 Å². The number of amides is 1. The number of pyridine rings is 1. The van der Waals surface area contributed by atoms with E-state index >= 15 is 0 Å². The number of nitrogens with two attached hydrogens (primary N) is 1. The van der Waals surface area contributed by atoms with Crippen LogP contribution >= 0.6 is 22.9 Å². The second kappa shape index (κ2) is 6.69. The molecule has 0 aliphatic heterocycles. The molecule has 27 heavy (non-hydrogen) atoms. The van der Waals surface area contributed by atoms with Gasteiger partial charge in [-0.15, -0.1) is 0 Å². The van der Waals surface area contributed by atoms with Gasteiger partial charge in [0.2, 0.25) is 5.91 Å². The molecule has 1 aliphatic rings. The minimum atomic E-state index is -0.987. The van der Waals surface area contributed by atoms with Gasteiger partial charge in [0, 0.05) is 18.2 Å². The maximum Gasteiger partial charge on any atom is 0.250 e. The Kier molecular flexibility index (Phi) is 4.47. The zero-order valence-corrected chi connectivity index (χ0v) is 15.6. The van der Waals surface area contributed by atoms with E-state index in [-0.39, 0.29) is 25.1 Å². The van der Waals surface area contributed by atoms with E-state index in [1.54, 1.807) is 12.1 Å². The average Bonchev–Trinajstić information content (AvgIpc) is 3.03. The van der Waals surface area contributed by atoms with Crippen molar-refractivity contribution in [2.24, 2.45) is 5.73 Å². The van der Waals surface area contributed by atoms with Crippen molar-refractivity contribution in [1.82, 2.24) is 9.97 Å².